The van der Waals surface area contributed by atoms with Gasteiger partial charge in [0.1, 0.15) is 0 Å². The second-order valence-corrected chi connectivity index (χ2v) is 7.29. The summed E-state index contributed by atoms with van der Waals surface area (Å²) in [5.41, 5.74) is 9.16. The van der Waals surface area contributed by atoms with E-state index < -0.39 is 0 Å². The average molecular weight is 306 g/mol. The van der Waals surface area contributed by atoms with Crippen molar-refractivity contribution in [2.75, 3.05) is 0 Å². The van der Waals surface area contributed by atoms with Crippen molar-refractivity contribution in [3.05, 3.63) is 118 Å². The Kier molecular flexibility index (Phi) is 2.38. The fourth-order valence-electron chi connectivity index (χ4n) is 5.19. The molecule has 5 aliphatic rings. The first kappa shape index (κ1) is 12.8. The molecule has 2 bridgehead atoms. The molecule has 0 saturated heterocycles. The molecule has 2 aromatic rings. The van der Waals surface area contributed by atoms with Gasteiger partial charge in [-0.25, -0.2) is 0 Å². The fourth-order valence-corrected chi connectivity index (χ4v) is 5.19. The van der Waals surface area contributed by atoms with Crippen LogP contribution in [0.2, 0.25) is 0 Å². The Morgan fingerprint density at radius 3 is 1.25 bits per heavy atom. The zero-order chi connectivity index (χ0) is 15.7. The van der Waals surface area contributed by atoms with Gasteiger partial charge >= 0.3 is 0 Å². The SMILES string of the molecule is C1=CC2C=C3C(=CC2C=C1)C1c2ccccc2C3c2ccccc21. The van der Waals surface area contributed by atoms with E-state index in [1.165, 1.54) is 22.3 Å². The Balaban J connectivity index is 1.68. The van der Waals surface area contributed by atoms with Crippen molar-refractivity contribution in [3.8, 4) is 0 Å². The number of rotatable bonds is 0. The molecular formula is C24H18. The summed E-state index contributed by atoms with van der Waals surface area (Å²) < 4.78 is 0. The van der Waals surface area contributed by atoms with Crippen LogP contribution in [0.3, 0.4) is 0 Å². The van der Waals surface area contributed by atoms with Crippen LogP contribution < -0.4 is 0 Å². The lowest BCUT2D eigenvalue weighted by molar-refractivity contribution is 0.609. The molecule has 7 rings (SSSR count). The largest absolute Gasteiger partial charge is 0.0767 e. The molecule has 0 spiro atoms. The highest BCUT2D eigenvalue weighted by Crippen LogP contribution is 2.59. The maximum Gasteiger partial charge on any atom is 0.0346 e. The van der Waals surface area contributed by atoms with E-state index in [0.29, 0.717) is 23.7 Å². The van der Waals surface area contributed by atoms with Gasteiger partial charge in [-0.15, -0.1) is 0 Å². The van der Waals surface area contributed by atoms with Crippen molar-refractivity contribution in [1.82, 2.24) is 0 Å². The van der Waals surface area contributed by atoms with Crippen molar-refractivity contribution >= 4 is 0 Å². The summed E-state index contributed by atoms with van der Waals surface area (Å²) in [7, 11) is 0. The molecule has 2 aromatic carbocycles. The number of fused-ring (bicyclic) bond motifs is 1. The van der Waals surface area contributed by atoms with E-state index in [9.17, 15) is 0 Å². The van der Waals surface area contributed by atoms with Crippen LogP contribution in [0, 0.1) is 11.8 Å². The molecule has 2 unspecified atom stereocenters. The molecule has 0 heteroatoms. The molecule has 114 valence electrons. The number of benzene rings is 2. The van der Waals surface area contributed by atoms with E-state index in [4.69, 9.17) is 0 Å². The quantitative estimate of drug-likeness (QED) is 0.602. The van der Waals surface area contributed by atoms with Crippen LogP contribution >= 0.6 is 0 Å². The lowest BCUT2D eigenvalue weighted by Crippen LogP contribution is -2.32. The smallest absolute Gasteiger partial charge is 0.0346 e. The van der Waals surface area contributed by atoms with Gasteiger partial charge in [0.2, 0.25) is 0 Å². The van der Waals surface area contributed by atoms with Crippen LogP contribution in [0.25, 0.3) is 0 Å². The van der Waals surface area contributed by atoms with Crippen LogP contribution in [-0.4, -0.2) is 0 Å². The Bertz CT molecular complexity index is 855. The first-order valence-corrected chi connectivity index (χ1v) is 8.88. The summed E-state index contributed by atoms with van der Waals surface area (Å²) in [6, 6.07) is 18.1. The normalized spacial score (nSPS) is 30.7. The highest BCUT2D eigenvalue weighted by molar-refractivity contribution is 5.71. The summed E-state index contributed by atoms with van der Waals surface area (Å²) in [6.45, 7) is 0. The van der Waals surface area contributed by atoms with E-state index in [2.05, 4.69) is 85.0 Å². The van der Waals surface area contributed by atoms with Gasteiger partial charge < -0.3 is 0 Å². The summed E-state index contributed by atoms with van der Waals surface area (Å²) in [5, 5.41) is 0. The molecule has 0 amide bonds. The van der Waals surface area contributed by atoms with Crippen molar-refractivity contribution in [1.29, 1.82) is 0 Å². The molecule has 0 heterocycles. The minimum Gasteiger partial charge on any atom is -0.0767 e. The fraction of sp³-hybridized carbons (Fsp3) is 0.167. The Morgan fingerprint density at radius 2 is 0.875 bits per heavy atom. The van der Waals surface area contributed by atoms with Gasteiger partial charge in [-0.1, -0.05) is 85.0 Å². The van der Waals surface area contributed by atoms with Crippen LogP contribution in [0.1, 0.15) is 34.1 Å². The third kappa shape index (κ3) is 1.49. The summed E-state index contributed by atoms with van der Waals surface area (Å²) in [5.74, 6) is 1.86. The van der Waals surface area contributed by atoms with Gasteiger partial charge in [-0.2, -0.15) is 0 Å². The van der Waals surface area contributed by atoms with E-state index in [1.54, 1.807) is 11.1 Å². The Morgan fingerprint density at radius 1 is 0.500 bits per heavy atom. The molecular weight excluding hydrogens is 288 g/mol. The summed E-state index contributed by atoms with van der Waals surface area (Å²) in [4.78, 5) is 0. The predicted octanol–water partition coefficient (Wildman–Crippen LogP) is 5.50. The molecule has 0 N–H and O–H groups in total. The average Bonchev–Trinajstić information content (AvgIpc) is 2.66. The third-order valence-electron chi connectivity index (χ3n) is 6.16. The molecule has 24 heavy (non-hydrogen) atoms. The first-order chi connectivity index (χ1) is 11.9. The molecule has 5 aliphatic carbocycles. The second kappa shape index (κ2) is 4.48. The Hall–Kier alpha value is -2.60. The zero-order valence-electron chi connectivity index (χ0n) is 13.4. The van der Waals surface area contributed by atoms with Crippen molar-refractivity contribution in [2.24, 2.45) is 11.8 Å². The van der Waals surface area contributed by atoms with Crippen molar-refractivity contribution in [3.63, 3.8) is 0 Å². The van der Waals surface area contributed by atoms with Crippen LogP contribution in [0.4, 0.5) is 0 Å². The first-order valence-electron chi connectivity index (χ1n) is 8.88. The van der Waals surface area contributed by atoms with Gasteiger partial charge in [0.15, 0.2) is 0 Å². The minimum atomic E-state index is 0.411. The standard InChI is InChI=1S/C24H18/c1-2-8-16-14-22-21(13-15(16)7-1)23-17-9-3-5-11-19(17)24(22)20-12-6-4-10-18(20)23/h1-16,23-24H. The zero-order valence-corrected chi connectivity index (χ0v) is 13.4. The molecule has 0 fully saturated rings. The monoisotopic (exact) mass is 306 g/mol. The van der Waals surface area contributed by atoms with E-state index in [-0.39, 0.29) is 0 Å². The summed E-state index contributed by atoms with van der Waals surface area (Å²) >= 11 is 0. The van der Waals surface area contributed by atoms with Crippen molar-refractivity contribution < 1.29 is 0 Å². The van der Waals surface area contributed by atoms with Crippen molar-refractivity contribution in [2.45, 2.75) is 11.8 Å². The molecule has 0 saturated carbocycles. The van der Waals surface area contributed by atoms with Gasteiger partial charge in [-0.3, -0.25) is 0 Å². The second-order valence-electron chi connectivity index (χ2n) is 7.29. The maximum atomic E-state index is 2.55. The van der Waals surface area contributed by atoms with Crippen LogP contribution in [0.15, 0.2) is 96.1 Å². The topological polar surface area (TPSA) is 0 Å². The molecule has 0 aromatic heterocycles. The highest BCUT2D eigenvalue weighted by Gasteiger charge is 2.44. The van der Waals surface area contributed by atoms with Gasteiger partial charge in [0.25, 0.3) is 0 Å². The van der Waals surface area contributed by atoms with Gasteiger partial charge in [0.05, 0.1) is 0 Å². The van der Waals surface area contributed by atoms with Gasteiger partial charge in [0, 0.05) is 23.7 Å². The highest BCUT2D eigenvalue weighted by atomic mass is 14.5. The lowest BCUT2D eigenvalue weighted by Gasteiger charge is -2.46. The number of hydrogen-bond acceptors (Lipinski definition) is 0. The third-order valence-corrected chi connectivity index (χ3v) is 6.16. The molecule has 2 atom stereocenters. The van der Waals surface area contributed by atoms with Crippen LogP contribution in [-0.2, 0) is 0 Å². The lowest BCUT2D eigenvalue weighted by atomic mass is 9.57. The number of hydrogen-bond donors (Lipinski definition) is 0. The minimum absolute atomic E-state index is 0.411. The maximum absolute atomic E-state index is 2.55. The van der Waals surface area contributed by atoms with Crippen LogP contribution in [0.5, 0.6) is 0 Å². The van der Waals surface area contributed by atoms with E-state index in [0.717, 1.165) is 0 Å². The molecule has 0 aliphatic heterocycles. The Labute approximate surface area is 142 Å². The predicted molar refractivity (Wildman–Crippen MR) is 98.0 cm³/mol. The van der Waals surface area contributed by atoms with E-state index >= 15 is 0 Å². The molecule has 0 radical (unpaired) electrons. The number of allylic oxidation sites excluding steroid dienone is 8. The summed E-state index contributed by atoms with van der Waals surface area (Å²) in [6.07, 6.45) is 14.2. The molecule has 0 nitrogen and oxygen atoms in total. The van der Waals surface area contributed by atoms with Gasteiger partial charge in [-0.05, 0) is 33.4 Å². The van der Waals surface area contributed by atoms with E-state index in [1.807, 2.05) is 0 Å².